The summed E-state index contributed by atoms with van der Waals surface area (Å²) in [5.41, 5.74) is 0. The molecule has 0 heterocycles. The average Bonchev–Trinajstić information content (AvgIpc) is 0. The maximum atomic E-state index is 0. The minimum Gasteiger partial charge on any atom is -1.00 e. The predicted octanol–water partition coefficient (Wildman–Crippen LogP) is -2.89. The topological polar surface area (TPSA) is 0 Å². The third kappa shape index (κ3) is 19.3. The van der Waals surface area contributed by atoms with Gasteiger partial charge in [0.1, 0.15) is 0 Å². The summed E-state index contributed by atoms with van der Waals surface area (Å²) in [5.74, 6) is 0. The van der Waals surface area contributed by atoms with Crippen LogP contribution in [-0.4, -0.2) is 0 Å². The Balaban J connectivity index is 0. The van der Waals surface area contributed by atoms with E-state index in [1.807, 2.05) is 0 Å². The van der Waals surface area contributed by atoms with Crippen LogP contribution < -0.4 is 29.6 Å². The van der Waals surface area contributed by atoms with Crippen LogP contribution >= 0.6 is 0 Å². The zero-order valence-electron chi connectivity index (χ0n) is 3.35. The molecule has 0 fully saturated rings. The van der Waals surface area contributed by atoms with Crippen molar-refractivity contribution in [3.05, 3.63) is 0 Å². The average molecular weight is 257 g/mol. The predicted molar refractivity (Wildman–Crippen MR) is 1.11 cm³/mol. The van der Waals surface area contributed by atoms with Gasteiger partial charge in [0.05, 0.1) is 0 Å². The molecule has 2 radical (unpaired) electrons. The molecule has 0 aromatic heterocycles. The van der Waals surface area contributed by atoms with Crippen LogP contribution in [-0.2, 0) is 67.7 Å². The molecule has 38 valence electrons. The number of hydrogen-bond acceptors (Lipinski definition) is 0. The van der Waals surface area contributed by atoms with Gasteiger partial charge in [-0.1, -0.05) is 0 Å². The van der Waals surface area contributed by atoms with Crippen molar-refractivity contribution < 1.29 is 98.7 Å². The van der Waals surface area contributed by atoms with Crippen molar-refractivity contribution in [1.82, 2.24) is 0 Å². The molecule has 0 aromatic carbocycles. The third-order valence-electron chi connectivity index (χ3n) is 0. The molecule has 0 rings (SSSR count). The van der Waals surface area contributed by atoms with E-state index in [1.165, 1.54) is 0 Å². The van der Waals surface area contributed by atoms with E-state index in [1.54, 1.807) is 0 Å². The summed E-state index contributed by atoms with van der Waals surface area (Å²) < 4.78 is 0. The van der Waals surface area contributed by atoms with Crippen molar-refractivity contribution in [3.63, 3.8) is 0 Å². The second kappa shape index (κ2) is 27.7. The van der Waals surface area contributed by atoms with E-state index >= 15 is 0 Å². The summed E-state index contributed by atoms with van der Waals surface area (Å²) in [5, 5.41) is 0. The van der Waals surface area contributed by atoms with Crippen molar-refractivity contribution >= 4 is 0 Å². The molecule has 0 nitrogen and oxygen atoms in total. The molecule has 5 heavy (non-hydrogen) atoms. The van der Waals surface area contributed by atoms with E-state index in [4.69, 9.17) is 0 Å². The second-order valence-corrected chi connectivity index (χ2v) is 0. The second-order valence-electron chi connectivity index (χ2n) is 0. The maximum absolute atomic E-state index is 0. The van der Waals surface area contributed by atoms with Crippen LogP contribution in [0.5, 0.6) is 0 Å². The van der Waals surface area contributed by atoms with Crippen molar-refractivity contribution in [3.8, 4) is 0 Å². The van der Waals surface area contributed by atoms with Gasteiger partial charge in [-0.05, 0) is 0 Å². The van der Waals surface area contributed by atoms with Crippen LogP contribution in [0, 0.1) is 0 Å². The zero-order valence-corrected chi connectivity index (χ0v) is 8.56. The molecule has 0 atom stereocenters. The quantitative estimate of drug-likeness (QED) is 0.409. The molecule has 0 aromatic rings. The smallest absolute Gasteiger partial charge is 1.00 e. The van der Waals surface area contributed by atoms with Gasteiger partial charge in [0.2, 0.25) is 0 Å². The van der Waals surface area contributed by atoms with Crippen LogP contribution in [0.4, 0.5) is 0 Å². The molecule has 0 saturated heterocycles. The number of hydrogen-bond donors (Lipinski definition) is 0. The van der Waals surface area contributed by atoms with Crippen molar-refractivity contribution in [2.45, 2.75) is 0 Å². The summed E-state index contributed by atoms with van der Waals surface area (Å²) in [6, 6.07) is 0. The normalized spacial score (nSPS) is 0. The van der Waals surface area contributed by atoms with Gasteiger partial charge in [-0.3, -0.25) is 0 Å². The first-order valence-electron chi connectivity index (χ1n) is 0. The Kier molecular flexibility index (Phi) is 238. The Hall–Kier alpha value is 3.05. The van der Waals surface area contributed by atoms with E-state index in [0.717, 1.165) is 0 Å². The first-order valence-corrected chi connectivity index (χ1v) is 0. The van der Waals surface area contributed by atoms with Gasteiger partial charge >= 0.3 is 29.6 Å². The summed E-state index contributed by atoms with van der Waals surface area (Å²) in [4.78, 5) is 0. The zero-order chi connectivity index (χ0) is 0. The summed E-state index contributed by atoms with van der Waals surface area (Å²) in [6.45, 7) is 0. The van der Waals surface area contributed by atoms with Gasteiger partial charge < -0.3 is 1.43 Å². The fourth-order valence-corrected chi connectivity index (χ4v) is 0. The Morgan fingerprint density at radius 3 is 1.20 bits per heavy atom. The minimum atomic E-state index is 0. The minimum absolute atomic E-state index is 0. The van der Waals surface area contributed by atoms with Crippen LogP contribution in [0.25, 0.3) is 0 Å². The Bertz CT molecular complexity index is 15.5. The molecule has 0 N–H and O–H groups in total. The Labute approximate surface area is 97.1 Å². The monoisotopic (exact) mass is 256 g/mol. The fraction of sp³-hybridized carbons (Fsp3) is 0. The number of rotatable bonds is 0. The molecule has 0 aliphatic heterocycles. The Morgan fingerprint density at radius 2 is 1.20 bits per heavy atom. The van der Waals surface area contributed by atoms with Crippen LogP contribution in [0.3, 0.4) is 0 Å². The molecule has 0 aliphatic rings. The molecule has 0 saturated carbocycles. The molecular formula is HCuFeMnNaNi. The summed E-state index contributed by atoms with van der Waals surface area (Å²) >= 11 is 0. The van der Waals surface area contributed by atoms with Gasteiger partial charge in [0, 0.05) is 67.7 Å². The van der Waals surface area contributed by atoms with E-state index in [9.17, 15) is 0 Å². The molecule has 0 bridgehead atoms. The van der Waals surface area contributed by atoms with Crippen LogP contribution in [0.1, 0.15) is 1.43 Å². The van der Waals surface area contributed by atoms with Crippen molar-refractivity contribution in [2.75, 3.05) is 0 Å². The molecule has 0 amide bonds. The van der Waals surface area contributed by atoms with E-state index in [0.29, 0.717) is 0 Å². The van der Waals surface area contributed by atoms with Crippen molar-refractivity contribution in [2.24, 2.45) is 0 Å². The largest absolute Gasteiger partial charge is 1.00 e. The third-order valence-corrected chi connectivity index (χ3v) is 0. The fourth-order valence-electron chi connectivity index (χ4n) is 0. The molecule has 0 unspecified atom stereocenters. The first kappa shape index (κ1) is 43.0. The van der Waals surface area contributed by atoms with E-state index in [2.05, 4.69) is 0 Å². The summed E-state index contributed by atoms with van der Waals surface area (Å²) in [7, 11) is 0. The summed E-state index contributed by atoms with van der Waals surface area (Å²) in [6.07, 6.45) is 0. The first-order chi connectivity index (χ1) is 0. The van der Waals surface area contributed by atoms with E-state index in [-0.39, 0.29) is 98.7 Å². The van der Waals surface area contributed by atoms with Crippen molar-refractivity contribution in [1.29, 1.82) is 0 Å². The standard InChI is InChI=1S/Cu.Fe.Mn.Na.Ni.H/q;;;+1;;-1. The Morgan fingerprint density at radius 1 is 1.20 bits per heavy atom. The van der Waals surface area contributed by atoms with E-state index < -0.39 is 0 Å². The van der Waals surface area contributed by atoms with Gasteiger partial charge in [-0.2, -0.15) is 0 Å². The van der Waals surface area contributed by atoms with Gasteiger partial charge in [-0.25, -0.2) is 0 Å². The van der Waals surface area contributed by atoms with Gasteiger partial charge in [0.25, 0.3) is 0 Å². The van der Waals surface area contributed by atoms with Crippen LogP contribution in [0.15, 0.2) is 0 Å². The maximum Gasteiger partial charge on any atom is 1.00 e. The van der Waals surface area contributed by atoms with Crippen LogP contribution in [0.2, 0.25) is 0 Å². The molecule has 0 aliphatic carbocycles. The van der Waals surface area contributed by atoms with Gasteiger partial charge in [0.15, 0.2) is 0 Å². The molecule has 0 spiro atoms. The van der Waals surface area contributed by atoms with Gasteiger partial charge in [-0.15, -0.1) is 0 Å². The molecular weight excluding hydrogens is 256 g/mol. The molecule has 5 heteroatoms. The SMILES string of the molecule is [Cu].[Fe].[H-].[Mn].[Na+].[Ni].